The van der Waals surface area contributed by atoms with Crippen LogP contribution in [0.3, 0.4) is 0 Å². The number of hydrogen-bond acceptors (Lipinski definition) is 8. The third-order valence-electron chi connectivity index (χ3n) is 5.72. The van der Waals surface area contributed by atoms with Gasteiger partial charge in [-0.3, -0.25) is 10.1 Å². The molecule has 3 N–H and O–H groups in total. The van der Waals surface area contributed by atoms with Crippen LogP contribution in [0.4, 0.5) is 0 Å². The Bertz CT molecular complexity index is 653. The fourth-order valence-electron chi connectivity index (χ4n) is 4.46. The van der Waals surface area contributed by atoms with Crippen molar-refractivity contribution in [3.05, 3.63) is 24.3 Å². The number of carbonyl (C=O) groups excluding carboxylic acids is 2. The number of aliphatic hydroxyl groups is 2. The number of esters is 2. The van der Waals surface area contributed by atoms with Crippen molar-refractivity contribution in [3.8, 4) is 0 Å². The minimum atomic E-state index is -1.69. The first-order valence-electron chi connectivity index (χ1n) is 8.04. The maximum Gasteiger partial charge on any atom is 0.334 e. The smallest absolute Gasteiger partial charge is 0.334 e. The van der Waals surface area contributed by atoms with E-state index in [1.807, 2.05) is 0 Å². The monoisotopic (exact) mass is 354 g/mol. The molecule has 1 saturated heterocycles. The lowest BCUT2D eigenvalue weighted by Crippen LogP contribution is -2.55. The fourth-order valence-corrected chi connectivity index (χ4v) is 4.46. The van der Waals surface area contributed by atoms with E-state index < -0.39 is 59.2 Å². The summed E-state index contributed by atoms with van der Waals surface area (Å²) in [5.74, 6) is -3.69. The first kappa shape index (κ1) is 18.1. The van der Waals surface area contributed by atoms with Crippen LogP contribution in [0.25, 0.3) is 0 Å². The Morgan fingerprint density at radius 3 is 2.60 bits per heavy atom. The third-order valence-corrected chi connectivity index (χ3v) is 5.72. The quantitative estimate of drug-likeness (QED) is 0.211. The molecule has 1 aliphatic heterocycles. The number of fused-ring (bicyclic) bond motifs is 3. The average Bonchev–Trinajstić information content (AvgIpc) is 3.00. The zero-order chi connectivity index (χ0) is 18.7. The van der Waals surface area contributed by atoms with Crippen LogP contribution < -0.4 is 0 Å². The number of carbonyl (C=O) groups is 2. The molecular formula is C17H22O8. The molecular weight excluding hydrogens is 332 g/mol. The van der Waals surface area contributed by atoms with Crippen molar-refractivity contribution < 1.29 is 39.4 Å². The van der Waals surface area contributed by atoms with Crippen molar-refractivity contribution in [3.63, 3.8) is 0 Å². The zero-order valence-corrected chi connectivity index (χ0v) is 14.2. The van der Waals surface area contributed by atoms with E-state index in [1.54, 1.807) is 19.1 Å². The molecule has 138 valence electrons. The number of aliphatic hydroxyl groups excluding tert-OH is 1. The van der Waals surface area contributed by atoms with Crippen molar-refractivity contribution in [2.24, 2.45) is 17.8 Å². The summed E-state index contributed by atoms with van der Waals surface area (Å²) in [6.07, 6.45) is -0.458. The largest absolute Gasteiger partial charge is 0.458 e. The van der Waals surface area contributed by atoms with E-state index in [4.69, 9.17) is 9.47 Å². The second kappa shape index (κ2) is 5.63. The van der Waals surface area contributed by atoms with Crippen molar-refractivity contribution in [2.45, 2.75) is 50.3 Å². The maximum atomic E-state index is 12.0. The molecule has 0 amide bonds. The van der Waals surface area contributed by atoms with Gasteiger partial charge in [-0.25, -0.2) is 9.68 Å². The first-order chi connectivity index (χ1) is 11.5. The molecule has 2 fully saturated rings. The van der Waals surface area contributed by atoms with Gasteiger partial charge in [-0.2, -0.15) is 0 Å². The summed E-state index contributed by atoms with van der Waals surface area (Å²) in [6.45, 7) is 7.86. The van der Waals surface area contributed by atoms with E-state index in [2.05, 4.69) is 11.5 Å². The molecule has 0 aromatic heterocycles. The van der Waals surface area contributed by atoms with Crippen molar-refractivity contribution in [1.29, 1.82) is 0 Å². The molecule has 0 unspecified atom stereocenters. The van der Waals surface area contributed by atoms with Gasteiger partial charge in [0, 0.05) is 24.3 Å². The lowest BCUT2D eigenvalue weighted by molar-refractivity contribution is -0.324. The van der Waals surface area contributed by atoms with Gasteiger partial charge < -0.3 is 19.7 Å². The van der Waals surface area contributed by atoms with Crippen molar-refractivity contribution in [1.82, 2.24) is 0 Å². The number of rotatable bonds is 2. The molecule has 8 heteroatoms. The Morgan fingerprint density at radius 2 is 2.04 bits per heavy atom. The van der Waals surface area contributed by atoms with Gasteiger partial charge in [0.05, 0.1) is 5.92 Å². The predicted molar refractivity (Wildman–Crippen MR) is 82.9 cm³/mol. The molecule has 1 saturated carbocycles. The minimum Gasteiger partial charge on any atom is -0.458 e. The molecule has 0 radical (unpaired) electrons. The molecule has 0 spiro atoms. The van der Waals surface area contributed by atoms with Gasteiger partial charge in [-0.05, 0) is 13.8 Å². The van der Waals surface area contributed by atoms with Crippen LogP contribution in [0.1, 0.15) is 20.8 Å². The molecule has 0 bridgehead atoms. The van der Waals surface area contributed by atoms with E-state index in [-0.39, 0.29) is 5.57 Å². The summed E-state index contributed by atoms with van der Waals surface area (Å²) in [4.78, 5) is 28.2. The molecule has 8 atom stereocenters. The molecule has 3 aliphatic rings. The van der Waals surface area contributed by atoms with E-state index in [0.717, 1.165) is 0 Å². The number of hydrogen-bond donors (Lipinski definition) is 3. The molecule has 1 heterocycles. The summed E-state index contributed by atoms with van der Waals surface area (Å²) in [5.41, 5.74) is -2.93. The highest BCUT2D eigenvalue weighted by molar-refractivity contribution is 5.91. The lowest BCUT2D eigenvalue weighted by atomic mass is 9.73. The number of ether oxygens (including phenoxy) is 2. The highest BCUT2D eigenvalue weighted by Gasteiger charge is 2.66. The van der Waals surface area contributed by atoms with Gasteiger partial charge in [0.25, 0.3) is 0 Å². The van der Waals surface area contributed by atoms with E-state index in [0.29, 0.717) is 0 Å². The predicted octanol–water partition coefficient (Wildman–Crippen LogP) is 0.192. The van der Waals surface area contributed by atoms with Crippen LogP contribution in [0.2, 0.25) is 0 Å². The standard InChI is InChI=1S/C17H22O8/c1-7-10-12(19)14(23-8(2)18)17(4,21)9-5-6-16(3,25-22)11(9)13(10)24-15(7)20/h5-6,9-14,19,21-22H,1H2,2-4H3/t9-,10-,11+,12-,13+,14-,16-,17+/m1/s1. The Labute approximate surface area is 144 Å². The van der Waals surface area contributed by atoms with Crippen LogP contribution in [0, 0.1) is 17.8 Å². The Morgan fingerprint density at radius 1 is 1.40 bits per heavy atom. The highest BCUT2D eigenvalue weighted by Crippen LogP contribution is 2.54. The molecule has 8 nitrogen and oxygen atoms in total. The Kier molecular flexibility index (Phi) is 4.07. The summed E-state index contributed by atoms with van der Waals surface area (Å²) in [5, 5.41) is 31.4. The summed E-state index contributed by atoms with van der Waals surface area (Å²) < 4.78 is 10.6. The second-order valence-corrected chi connectivity index (χ2v) is 7.35. The van der Waals surface area contributed by atoms with Gasteiger partial charge in [0.1, 0.15) is 23.4 Å². The third kappa shape index (κ3) is 2.43. The van der Waals surface area contributed by atoms with Crippen LogP contribution in [0.15, 0.2) is 24.3 Å². The summed E-state index contributed by atoms with van der Waals surface area (Å²) in [6, 6.07) is 0. The molecule has 25 heavy (non-hydrogen) atoms. The van der Waals surface area contributed by atoms with Crippen LogP contribution >= 0.6 is 0 Å². The Hall–Kier alpha value is -1.74. The maximum absolute atomic E-state index is 12.0. The van der Waals surface area contributed by atoms with Gasteiger partial charge in [-0.15, -0.1) is 0 Å². The lowest BCUT2D eigenvalue weighted by Gasteiger charge is -2.40. The molecule has 3 rings (SSSR count). The van der Waals surface area contributed by atoms with E-state index >= 15 is 0 Å². The fraction of sp³-hybridized carbons (Fsp3) is 0.647. The van der Waals surface area contributed by atoms with Gasteiger partial charge in [0.2, 0.25) is 0 Å². The summed E-state index contributed by atoms with van der Waals surface area (Å²) in [7, 11) is 0. The SMILES string of the molecule is C=C1C(=O)O[C@H]2[C@H]1[C@@H](O)[C@@H](OC(C)=O)[C@@](C)(O)[C@@H]1C=C[C@@](C)(OO)[C@H]21. The topological polar surface area (TPSA) is 123 Å². The van der Waals surface area contributed by atoms with E-state index in [1.165, 1.54) is 13.8 Å². The van der Waals surface area contributed by atoms with Crippen molar-refractivity contribution >= 4 is 11.9 Å². The van der Waals surface area contributed by atoms with Crippen LogP contribution in [0.5, 0.6) is 0 Å². The summed E-state index contributed by atoms with van der Waals surface area (Å²) >= 11 is 0. The van der Waals surface area contributed by atoms with Gasteiger partial charge in [-0.1, -0.05) is 18.7 Å². The minimum absolute atomic E-state index is 0.0262. The normalized spacial score (nSPS) is 48.6. The van der Waals surface area contributed by atoms with E-state index in [9.17, 15) is 25.1 Å². The van der Waals surface area contributed by atoms with Crippen molar-refractivity contribution in [2.75, 3.05) is 0 Å². The molecule has 0 aromatic rings. The molecule has 2 aliphatic carbocycles. The second-order valence-electron chi connectivity index (χ2n) is 7.35. The van der Waals surface area contributed by atoms with Gasteiger partial charge >= 0.3 is 11.9 Å². The van der Waals surface area contributed by atoms with Crippen LogP contribution in [-0.4, -0.2) is 56.9 Å². The van der Waals surface area contributed by atoms with Crippen LogP contribution in [-0.2, 0) is 24.0 Å². The van der Waals surface area contributed by atoms with Gasteiger partial charge in [0.15, 0.2) is 6.10 Å². The average molecular weight is 354 g/mol. The first-order valence-corrected chi connectivity index (χ1v) is 8.04. The Balaban J connectivity index is 2.16. The highest BCUT2D eigenvalue weighted by atomic mass is 17.1. The zero-order valence-electron chi connectivity index (χ0n) is 14.2. The molecule has 0 aromatic carbocycles.